The third kappa shape index (κ3) is 5.53. The quantitative estimate of drug-likeness (QED) is 0.151. The highest BCUT2D eigenvalue weighted by Gasteiger charge is 2.59. The number of ketones is 3. The van der Waals surface area contributed by atoms with E-state index in [-0.39, 0.29) is 17.3 Å². The van der Waals surface area contributed by atoms with Crippen molar-refractivity contribution < 1.29 is 19.1 Å². The Morgan fingerprint density at radius 3 is 0.810 bits per heavy atom. The summed E-state index contributed by atoms with van der Waals surface area (Å²) in [7, 11) is 0. The lowest BCUT2D eigenvalue weighted by Gasteiger charge is -2.55. The van der Waals surface area contributed by atoms with Gasteiger partial charge < -0.3 is 14.5 Å². The third-order valence-electron chi connectivity index (χ3n) is 19.1. The van der Waals surface area contributed by atoms with E-state index in [0.29, 0.717) is 0 Å². The molecule has 3 aliphatic carbocycles. The molecule has 6 heteroatoms. The van der Waals surface area contributed by atoms with Crippen LogP contribution in [0.1, 0.15) is 115 Å². The molecule has 0 radical (unpaired) electrons. The maximum Gasteiger partial charge on any atom is 0.193 e. The highest BCUT2D eigenvalue weighted by atomic mass is 16.5. The molecule has 0 bridgehead atoms. The normalized spacial score (nSPS) is 15.8. The summed E-state index contributed by atoms with van der Waals surface area (Å²) in [5, 5.41) is 0. The van der Waals surface area contributed by atoms with Crippen molar-refractivity contribution >= 4 is 51.5 Å². The molecule has 0 saturated heterocycles. The topological polar surface area (TPSA) is 66.9 Å². The SMILES string of the molecule is O=C1c2ccccc2C2(c3ccccc31)c1ccccc1N1c3ccccc3C3(c4ccccc4C(=O)c4ccccc43)c3cccc2c31.O=C1c2ccccc2C2(c3ccccc31)c1ccccc1N1c3ccccc3Oc3cccc2c31. The number of para-hydroxylation sites is 7. The van der Waals surface area contributed by atoms with Crippen LogP contribution in [0, 0.1) is 0 Å². The lowest BCUT2D eigenvalue weighted by molar-refractivity contribution is 0.102. The van der Waals surface area contributed by atoms with Crippen molar-refractivity contribution in [1.29, 1.82) is 0 Å². The van der Waals surface area contributed by atoms with E-state index < -0.39 is 16.2 Å². The minimum atomic E-state index is -0.767. The average molecular weight is 1080 g/mol. The number of anilines is 6. The predicted octanol–water partition coefficient (Wildman–Crippen LogP) is 17.1. The first-order chi connectivity index (χ1) is 41.5. The molecule has 84 heavy (non-hydrogen) atoms. The Balaban J connectivity index is 0.000000135. The largest absolute Gasteiger partial charge is 0.453 e. The average Bonchev–Trinajstić information content (AvgIpc) is 0.849. The molecule has 6 nitrogen and oxygen atoms in total. The monoisotopic (exact) mass is 1070 g/mol. The van der Waals surface area contributed by atoms with Gasteiger partial charge in [0.05, 0.1) is 50.4 Å². The van der Waals surface area contributed by atoms with Gasteiger partial charge in [-0.25, -0.2) is 0 Å². The summed E-state index contributed by atoms with van der Waals surface area (Å²) in [4.78, 5) is 46.9. The van der Waals surface area contributed by atoms with Gasteiger partial charge in [0.15, 0.2) is 28.8 Å². The number of carbonyl (C=O) groups is 3. The highest BCUT2D eigenvalue weighted by Crippen LogP contribution is 2.69. The van der Waals surface area contributed by atoms with Crippen molar-refractivity contribution in [3.8, 4) is 11.5 Å². The maximum absolute atomic E-state index is 14.2. The molecular weight excluding hydrogens is 1030 g/mol. The number of benzene rings is 12. The molecule has 12 aromatic carbocycles. The van der Waals surface area contributed by atoms with Crippen LogP contribution in [-0.2, 0) is 16.2 Å². The zero-order valence-corrected chi connectivity index (χ0v) is 45.1. The second kappa shape index (κ2) is 16.8. The lowest BCUT2D eigenvalue weighted by Crippen LogP contribution is -2.47. The van der Waals surface area contributed by atoms with Gasteiger partial charge in [-0.05, 0) is 103 Å². The number of carbonyl (C=O) groups excluding carboxylic acids is 3. The number of rotatable bonds is 0. The molecule has 19 rings (SSSR count). The van der Waals surface area contributed by atoms with Crippen LogP contribution in [0.5, 0.6) is 11.5 Å². The van der Waals surface area contributed by atoms with Crippen LogP contribution in [0.15, 0.2) is 279 Å². The molecule has 12 aromatic rings. The molecule has 0 fully saturated rings. The molecule has 7 aliphatic rings. The van der Waals surface area contributed by atoms with Crippen molar-refractivity contribution in [3.05, 3.63) is 379 Å². The van der Waals surface area contributed by atoms with Crippen LogP contribution >= 0.6 is 0 Å². The summed E-state index contributed by atoms with van der Waals surface area (Å²) in [6, 6.07) is 95.9. The highest BCUT2D eigenvalue weighted by molar-refractivity contribution is 6.18. The minimum absolute atomic E-state index is 0.0528. The van der Waals surface area contributed by atoms with Gasteiger partial charge in [-0.1, -0.05) is 243 Å². The molecule has 0 aromatic heterocycles. The standard InChI is InChI=1S/C46H27NO2.C32H19NO2/c48-43-28-14-1-5-18-32(28)45(33-19-6-2-15-29(33)43)36-22-9-11-26-40(36)47-41-27-12-10-23-37(41)46(39-25-13-24-38(45)42(39)47)34-20-7-3-16-30(34)44(49)31-17-4-8-21-35(31)46;34-31-20-10-1-3-12-22(20)32(23-13-4-2-11-21(23)31)24-14-5-6-16-26(24)33-27-17-7-8-18-28(27)35-29-19-9-15-25(32)30(29)33/h1-27H;1-19H. The maximum atomic E-state index is 14.2. The van der Waals surface area contributed by atoms with Gasteiger partial charge in [0.25, 0.3) is 0 Å². The van der Waals surface area contributed by atoms with Gasteiger partial charge in [0.2, 0.25) is 0 Å². The van der Waals surface area contributed by atoms with E-state index in [0.717, 1.165) is 146 Å². The zero-order valence-electron chi connectivity index (χ0n) is 45.1. The second-order valence-electron chi connectivity index (χ2n) is 22.7. The summed E-state index contributed by atoms with van der Waals surface area (Å²) in [5.41, 5.74) is 21.4. The van der Waals surface area contributed by atoms with E-state index in [1.807, 2.05) is 109 Å². The summed E-state index contributed by atoms with van der Waals surface area (Å²) in [6.07, 6.45) is 0. The molecule has 0 N–H and O–H groups in total. The molecule has 0 atom stereocenters. The first-order valence-electron chi connectivity index (χ1n) is 28.6. The first kappa shape index (κ1) is 46.8. The van der Waals surface area contributed by atoms with Crippen molar-refractivity contribution in [2.75, 3.05) is 9.80 Å². The molecule has 0 amide bonds. The van der Waals surface area contributed by atoms with Crippen LogP contribution < -0.4 is 14.5 Å². The molecule has 4 heterocycles. The molecule has 3 spiro atoms. The Morgan fingerprint density at radius 1 is 0.214 bits per heavy atom. The molecule has 0 saturated carbocycles. The zero-order chi connectivity index (χ0) is 55.6. The summed E-state index contributed by atoms with van der Waals surface area (Å²) >= 11 is 0. The third-order valence-corrected chi connectivity index (χ3v) is 19.1. The Hall–Kier alpha value is -11.0. The van der Waals surface area contributed by atoms with Gasteiger partial charge in [-0.2, -0.15) is 0 Å². The molecule has 392 valence electrons. The number of hydrogen-bond donors (Lipinski definition) is 0. The van der Waals surface area contributed by atoms with Crippen LogP contribution in [-0.4, -0.2) is 17.3 Å². The van der Waals surface area contributed by atoms with Gasteiger partial charge in [-0.15, -0.1) is 0 Å². The predicted molar refractivity (Wildman–Crippen MR) is 328 cm³/mol. The summed E-state index contributed by atoms with van der Waals surface area (Å²) in [6.45, 7) is 0. The number of nitrogens with zero attached hydrogens (tertiary/aromatic N) is 2. The number of hydrogen-bond acceptors (Lipinski definition) is 6. The second-order valence-corrected chi connectivity index (χ2v) is 22.7. The Morgan fingerprint density at radius 2 is 0.452 bits per heavy atom. The van der Waals surface area contributed by atoms with Gasteiger partial charge in [-0.3, -0.25) is 14.4 Å². The van der Waals surface area contributed by atoms with Gasteiger partial charge in [0, 0.05) is 33.4 Å². The fraction of sp³-hybridized carbons (Fsp3) is 0.0385. The molecule has 4 aliphatic heterocycles. The van der Waals surface area contributed by atoms with E-state index in [2.05, 4.69) is 180 Å². The van der Waals surface area contributed by atoms with E-state index in [1.54, 1.807) is 0 Å². The number of ether oxygens (including phenoxy) is 1. The van der Waals surface area contributed by atoms with Crippen molar-refractivity contribution in [3.63, 3.8) is 0 Å². The smallest absolute Gasteiger partial charge is 0.193 e. The Labute approximate surface area is 484 Å². The fourth-order valence-corrected chi connectivity index (χ4v) is 16.2. The minimum Gasteiger partial charge on any atom is -0.453 e. The van der Waals surface area contributed by atoms with Crippen molar-refractivity contribution in [2.24, 2.45) is 0 Å². The Kier molecular flexibility index (Phi) is 9.36. The Bertz CT molecular complexity index is 4630. The summed E-state index contributed by atoms with van der Waals surface area (Å²) < 4.78 is 6.46. The van der Waals surface area contributed by atoms with E-state index in [1.165, 1.54) is 0 Å². The van der Waals surface area contributed by atoms with Crippen molar-refractivity contribution in [2.45, 2.75) is 16.2 Å². The van der Waals surface area contributed by atoms with E-state index in [4.69, 9.17) is 4.74 Å². The van der Waals surface area contributed by atoms with Crippen molar-refractivity contribution in [1.82, 2.24) is 0 Å². The molecule has 0 unspecified atom stereocenters. The van der Waals surface area contributed by atoms with Gasteiger partial charge >= 0.3 is 0 Å². The first-order valence-corrected chi connectivity index (χ1v) is 28.6. The molecular formula is C78H46N2O4. The summed E-state index contributed by atoms with van der Waals surface area (Å²) in [5.74, 6) is 1.84. The lowest BCUT2D eigenvalue weighted by atomic mass is 9.53. The van der Waals surface area contributed by atoms with E-state index in [9.17, 15) is 14.4 Å². The van der Waals surface area contributed by atoms with Crippen LogP contribution in [0.4, 0.5) is 34.1 Å². The van der Waals surface area contributed by atoms with Crippen LogP contribution in [0.2, 0.25) is 0 Å². The van der Waals surface area contributed by atoms with E-state index >= 15 is 0 Å². The van der Waals surface area contributed by atoms with Crippen LogP contribution in [0.25, 0.3) is 0 Å². The van der Waals surface area contributed by atoms with Crippen LogP contribution in [0.3, 0.4) is 0 Å². The number of fused-ring (bicyclic) bond motifs is 26. The fourth-order valence-electron chi connectivity index (χ4n) is 16.2. The van der Waals surface area contributed by atoms with Gasteiger partial charge in [0.1, 0.15) is 0 Å².